The first-order chi connectivity index (χ1) is 14.0. The molecule has 0 radical (unpaired) electrons. The van der Waals surface area contributed by atoms with Gasteiger partial charge >= 0.3 is 0 Å². The van der Waals surface area contributed by atoms with E-state index in [2.05, 4.69) is 18.8 Å². The minimum atomic E-state index is -0.721. The van der Waals surface area contributed by atoms with Crippen LogP contribution in [0.3, 0.4) is 0 Å². The summed E-state index contributed by atoms with van der Waals surface area (Å²) in [6.45, 7) is 7.15. The standard InChI is InChI=1S/C22H24ClN3O3/c1-3-25(4-2)13-14-26-19(17-7-5-6-12-24-17)18(21(28)22(26)29)20(27)15-8-10-16(23)11-9-15/h5-12,19,27H,3-4,13-14H2,1-2H3/p+1/t19-/m1/s1. The number of rotatable bonds is 7. The van der Waals surface area contributed by atoms with E-state index in [9.17, 15) is 14.7 Å². The molecule has 2 aromatic rings. The summed E-state index contributed by atoms with van der Waals surface area (Å²) in [6, 6.07) is 11.1. The number of aromatic nitrogens is 1. The van der Waals surface area contributed by atoms with Gasteiger partial charge in [-0.25, -0.2) is 0 Å². The quantitative estimate of drug-likeness (QED) is 0.413. The number of hydrogen-bond acceptors (Lipinski definition) is 4. The average molecular weight is 415 g/mol. The van der Waals surface area contributed by atoms with Crippen LogP contribution in [-0.2, 0) is 9.59 Å². The number of hydrogen-bond donors (Lipinski definition) is 2. The third-order valence-corrected chi connectivity index (χ3v) is 5.58. The normalized spacial score (nSPS) is 18.6. The molecular formula is C22H25ClN3O3+. The van der Waals surface area contributed by atoms with Crippen LogP contribution >= 0.6 is 11.6 Å². The monoisotopic (exact) mass is 414 g/mol. The number of halogens is 1. The summed E-state index contributed by atoms with van der Waals surface area (Å²) in [4.78, 5) is 33.0. The van der Waals surface area contributed by atoms with Crippen molar-refractivity contribution in [1.82, 2.24) is 9.88 Å². The lowest BCUT2D eigenvalue weighted by Crippen LogP contribution is -3.12. The largest absolute Gasteiger partial charge is 0.507 e. The number of aliphatic hydroxyl groups excluding tert-OH is 1. The van der Waals surface area contributed by atoms with Crippen molar-refractivity contribution in [3.8, 4) is 0 Å². The van der Waals surface area contributed by atoms with Crippen molar-refractivity contribution >= 4 is 29.1 Å². The third-order valence-electron chi connectivity index (χ3n) is 5.33. The topological polar surface area (TPSA) is 74.9 Å². The van der Waals surface area contributed by atoms with Gasteiger partial charge in [-0.2, -0.15) is 0 Å². The molecule has 0 aliphatic carbocycles. The summed E-state index contributed by atoms with van der Waals surface area (Å²) in [7, 11) is 0. The van der Waals surface area contributed by atoms with Crippen LogP contribution in [0.5, 0.6) is 0 Å². The Labute approximate surface area is 175 Å². The minimum absolute atomic E-state index is 0.0607. The van der Waals surface area contributed by atoms with Crippen molar-refractivity contribution in [3.05, 3.63) is 70.5 Å². The first kappa shape index (κ1) is 21.0. The van der Waals surface area contributed by atoms with Crippen LogP contribution < -0.4 is 4.90 Å². The number of carbonyl (C=O) groups is 2. The number of likely N-dealkylation sites (N-methyl/N-ethyl adjacent to an activating group) is 1. The van der Waals surface area contributed by atoms with Gasteiger partial charge < -0.3 is 14.9 Å². The molecule has 1 aromatic carbocycles. The Kier molecular flexibility index (Phi) is 6.67. The van der Waals surface area contributed by atoms with Crippen molar-refractivity contribution in [2.75, 3.05) is 26.2 Å². The number of Topliss-reactive ketones (excluding diaryl/α,β-unsaturated/α-hetero) is 1. The van der Waals surface area contributed by atoms with Gasteiger partial charge in [0.05, 0.1) is 37.4 Å². The molecule has 1 aliphatic heterocycles. The van der Waals surface area contributed by atoms with Gasteiger partial charge in [0, 0.05) is 16.8 Å². The first-order valence-corrected chi connectivity index (χ1v) is 10.1. The zero-order valence-electron chi connectivity index (χ0n) is 16.6. The summed E-state index contributed by atoms with van der Waals surface area (Å²) in [5.74, 6) is -1.52. The van der Waals surface area contributed by atoms with Gasteiger partial charge in [-0.05, 0) is 50.2 Å². The fourth-order valence-electron chi connectivity index (χ4n) is 3.60. The van der Waals surface area contributed by atoms with E-state index in [0.717, 1.165) is 13.1 Å². The molecule has 7 heteroatoms. The van der Waals surface area contributed by atoms with Crippen LogP contribution in [0.25, 0.3) is 5.76 Å². The number of pyridine rings is 1. The smallest absolute Gasteiger partial charge is 0.295 e. The SMILES string of the molecule is CC[NH+](CC)CCN1C(=O)C(=O)C(=C(O)c2ccc(Cl)cc2)[C@H]1c1ccccn1. The maximum atomic E-state index is 12.9. The highest BCUT2D eigenvalue weighted by molar-refractivity contribution is 6.46. The van der Waals surface area contributed by atoms with Crippen LogP contribution in [0.4, 0.5) is 0 Å². The molecule has 152 valence electrons. The molecule has 1 amide bonds. The Bertz CT molecular complexity index is 909. The van der Waals surface area contributed by atoms with E-state index in [1.165, 1.54) is 9.80 Å². The van der Waals surface area contributed by atoms with Crippen molar-refractivity contribution in [2.24, 2.45) is 0 Å². The predicted molar refractivity (Wildman–Crippen MR) is 112 cm³/mol. The molecule has 1 aromatic heterocycles. The molecule has 0 unspecified atom stereocenters. The third kappa shape index (κ3) is 4.33. The lowest BCUT2D eigenvalue weighted by Gasteiger charge is -2.26. The van der Waals surface area contributed by atoms with Gasteiger partial charge in [0.2, 0.25) is 0 Å². The van der Waals surface area contributed by atoms with Gasteiger partial charge in [0.25, 0.3) is 11.7 Å². The number of benzene rings is 1. The molecular weight excluding hydrogens is 390 g/mol. The van der Waals surface area contributed by atoms with Gasteiger partial charge in [0.15, 0.2) is 0 Å². The Balaban J connectivity index is 2.06. The molecule has 0 saturated carbocycles. The lowest BCUT2D eigenvalue weighted by molar-refractivity contribution is -0.895. The number of ketones is 1. The summed E-state index contributed by atoms with van der Waals surface area (Å²) >= 11 is 5.93. The molecule has 1 fully saturated rings. The van der Waals surface area contributed by atoms with Crippen molar-refractivity contribution in [1.29, 1.82) is 0 Å². The highest BCUT2D eigenvalue weighted by atomic mass is 35.5. The zero-order chi connectivity index (χ0) is 21.0. The molecule has 1 atom stereocenters. The molecule has 29 heavy (non-hydrogen) atoms. The lowest BCUT2D eigenvalue weighted by atomic mass is 9.98. The Morgan fingerprint density at radius 2 is 1.83 bits per heavy atom. The van der Waals surface area contributed by atoms with Crippen molar-refractivity contribution in [3.63, 3.8) is 0 Å². The number of aliphatic hydroxyl groups is 1. The summed E-state index contributed by atoms with van der Waals surface area (Å²) in [6.07, 6.45) is 1.62. The molecule has 6 nitrogen and oxygen atoms in total. The number of carbonyl (C=O) groups excluding carboxylic acids is 2. The second kappa shape index (κ2) is 9.20. The number of amides is 1. The van der Waals surface area contributed by atoms with Gasteiger partial charge in [-0.3, -0.25) is 14.6 Å². The maximum absolute atomic E-state index is 12.9. The Hall–Kier alpha value is -2.70. The second-order valence-electron chi connectivity index (χ2n) is 6.96. The van der Waals surface area contributed by atoms with Crippen LogP contribution in [0, 0.1) is 0 Å². The summed E-state index contributed by atoms with van der Waals surface area (Å²) in [5.41, 5.74) is 1.05. The fraction of sp³-hybridized carbons (Fsp3) is 0.318. The number of nitrogens with zero attached hydrogens (tertiary/aromatic N) is 2. The highest BCUT2D eigenvalue weighted by Gasteiger charge is 2.46. The van der Waals surface area contributed by atoms with Crippen LogP contribution in [0.15, 0.2) is 54.2 Å². The number of likely N-dealkylation sites (tertiary alicyclic amines) is 1. The summed E-state index contributed by atoms with van der Waals surface area (Å²) < 4.78 is 0. The van der Waals surface area contributed by atoms with Crippen molar-refractivity contribution < 1.29 is 19.6 Å². The molecule has 0 bridgehead atoms. The van der Waals surface area contributed by atoms with Gasteiger partial charge in [-0.1, -0.05) is 17.7 Å². The van der Waals surface area contributed by atoms with E-state index in [1.807, 2.05) is 0 Å². The number of nitrogens with one attached hydrogen (secondary N) is 1. The van der Waals surface area contributed by atoms with E-state index in [0.29, 0.717) is 29.4 Å². The minimum Gasteiger partial charge on any atom is -0.507 e. The molecule has 2 heterocycles. The molecule has 1 aliphatic rings. The maximum Gasteiger partial charge on any atom is 0.295 e. The molecule has 3 rings (SSSR count). The molecule has 2 N–H and O–H groups in total. The highest BCUT2D eigenvalue weighted by Crippen LogP contribution is 2.38. The summed E-state index contributed by atoms with van der Waals surface area (Å²) in [5, 5.41) is 11.4. The van der Waals surface area contributed by atoms with Crippen LogP contribution in [-0.4, -0.2) is 52.9 Å². The average Bonchev–Trinajstić information content (AvgIpc) is 3.00. The second-order valence-corrected chi connectivity index (χ2v) is 7.40. The van der Waals surface area contributed by atoms with Gasteiger partial charge in [-0.15, -0.1) is 0 Å². The predicted octanol–water partition coefficient (Wildman–Crippen LogP) is 2.08. The van der Waals surface area contributed by atoms with Crippen molar-refractivity contribution in [2.45, 2.75) is 19.9 Å². The van der Waals surface area contributed by atoms with E-state index < -0.39 is 17.7 Å². The zero-order valence-corrected chi connectivity index (χ0v) is 17.3. The van der Waals surface area contributed by atoms with Crippen LogP contribution in [0.2, 0.25) is 5.02 Å². The molecule has 1 saturated heterocycles. The fourth-order valence-corrected chi connectivity index (χ4v) is 3.73. The number of quaternary nitrogens is 1. The Morgan fingerprint density at radius 1 is 1.14 bits per heavy atom. The van der Waals surface area contributed by atoms with E-state index >= 15 is 0 Å². The van der Waals surface area contributed by atoms with Crippen LogP contribution in [0.1, 0.15) is 31.1 Å². The van der Waals surface area contributed by atoms with E-state index in [-0.39, 0.29) is 11.3 Å². The van der Waals surface area contributed by atoms with Gasteiger partial charge in [0.1, 0.15) is 11.8 Å². The van der Waals surface area contributed by atoms with E-state index in [1.54, 1.807) is 48.7 Å². The first-order valence-electron chi connectivity index (χ1n) is 9.76. The molecule has 0 spiro atoms. The Morgan fingerprint density at radius 3 is 2.41 bits per heavy atom. The van der Waals surface area contributed by atoms with E-state index in [4.69, 9.17) is 11.6 Å².